The van der Waals surface area contributed by atoms with E-state index in [1.165, 1.54) is 24.2 Å². The first-order valence-corrected chi connectivity index (χ1v) is 7.07. The molecule has 19 heavy (non-hydrogen) atoms. The van der Waals surface area contributed by atoms with Crippen LogP contribution in [0.15, 0.2) is 18.3 Å². The molecule has 6 heteroatoms. The zero-order valence-electron chi connectivity index (χ0n) is 10.6. The lowest BCUT2D eigenvalue weighted by molar-refractivity contribution is -0.115. The highest BCUT2D eigenvalue weighted by Crippen LogP contribution is 2.41. The summed E-state index contributed by atoms with van der Waals surface area (Å²) in [4.78, 5) is 16.0. The summed E-state index contributed by atoms with van der Waals surface area (Å²) in [6, 6.07) is 3.82. The molecule has 1 aliphatic carbocycles. The summed E-state index contributed by atoms with van der Waals surface area (Å²) >= 11 is 1.48. The number of aryl methyl sites for hydroxylation is 1. The molecule has 98 valence electrons. The van der Waals surface area contributed by atoms with Crippen molar-refractivity contribution in [1.82, 2.24) is 15.2 Å². The molecular weight excluding hydrogens is 260 g/mol. The van der Waals surface area contributed by atoms with Crippen LogP contribution in [0.5, 0.6) is 0 Å². The number of nitrogens with one attached hydrogen (secondary N) is 1. The van der Waals surface area contributed by atoms with Gasteiger partial charge in [-0.05, 0) is 31.4 Å². The van der Waals surface area contributed by atoms with Gasteiger partial charge in [0.05, 0.1) is 6.42 Å². The number of amides is 1. The van der Waals surface area contributed by atoms with Crippen LogP contribution in [0.2, 0.25) is 0 Å². The van der Waals surface area contributed by atoms with E-state index in [9.17, 15) is 4.79 Å². The number of hydrogen-bond acceptors (Lipinski definition) is 5. The van der Waals surface area contributed by atoms with Crippen molar-refractivity contribution in [3.63, 3.8) is 0 Å². The second kappa shape index (κ2) is 5.05. The summed E-state index contributed by atoms with van der Waals surface area (Å²) in [5.41, 5.74) is 1.84. The van der Waals surface area contributed by atoms with Crippen molar-refractivity contribution < 1.29 is 4.79 Å². The molecule has 1 amide bonds. The third kappa shape index (κ3) is 3.14. The van der Waals surface area contributed by atoms with Gasteiger partial charge in [0, 0.05) is 17.8 Å². The van der Waals surface area contributed by atoms with Crippen molar-refractivity contribution in [2.24, 2.45) is 0 Å². The van der Waals surface area contributed by atoms with Gasteiger partial charge in [-0.2, -0.15) is 0 Å². The van der Waals surface area contributed by atoms with Crippen molar-refractivity contribution in [1.29, 1.82) is 0 Å². The fourth-order valence-electron chi connectivity index (χ4n) is 1.73. The molecule has 1 fully saturated rings. The predicted octanol–water partition coefficient (Wildman–Crippen LogP) is 2.30. The van der Waals surface area contributed by atoms with E-state index in [2.05, 4.69) is 20.5 Å². The van der Waals surface area contributed by atoms with Crippen LogP contribution in [0.1, 0.15) is 35.0 Å². The molecule has 2 aromatic heterocycles. The lowest BCUT2D eigenvalue weighted by Crippen LogP contribution is -2.14. The first-order valence-electron chi connectivity index (χ1n) is 6.25. The van der Waals surface area contributed by atoms with Gasteiger partial charge in [-0.1, -0.05) is 17.4 Å². The standard InChI is InChI=1S/C13H14N4OS/c1-8-2-3-9(7-14-8)6-11(18)15-13-17-16-12(19-13)10-4-5-10/h2-3,7,10H,4-6H2,1H3,(H,15,17,18). The minimum absolute atomic E-state index is 0.0795. The molecule has 2 heterocycles. The normalized spacial score (nSPS) is 14.4. The summed E-state index contributed by atoms with van der Waals surface area (Å²) in [5.74, 6) is 0.494. The van der Waals surface area contributed by atoms with Gasteiger partial charge in [-0.15, -0.1) is 10.2 Å². The van der Waals surface area contributed by atoms with Crippen molar-refractivity contribution in [3.05, 3.63) is 34.6 Å². The fourth-order valence-corrected chi connectivity index (χ4v) is 2.66. The van der Waals surface area contributed by atoms with Crippen LogP contribution in [0, 0.1) is 6.92 Å². The monoisotopic (exact) mass is 274 g/mol. The highest BCUT2D eigenvalue weighted by Gasteiger charge is 2.27. The highest BCUT2D eigenvalue weighted by molar-refractivity contribution is 7.15. The molecule has 2 aromatic rings. The van der Waals surface area contributed by atoms with Gasteiger partial charge in [0.2, 0.25) is 11.0 Å². The van der Waals surface area contributed by atoms with Gasteiger partial charge in [0.15, 0.2) is 0 Å². The minimum Gasteiger partial charge on any atom is -0.300 e. The van der Waals surface area contributed by atoms with Crippen LogP contribution in [0.4, 0.5) is 5.13 Å². The van der Waals surface area contributed by atoms with Crippen LogP contribution in [0.25, 0.3) is 0 Å². The van der Waals surface area contributed by atoms with Crippen molar-refractivity contribution in [2.45, 2.75) is 32.1 Å². The molecule has 0 unspecified atom stereocenters. The summed E-state index contributed by atoms with van der Waals surface area (Å²) in [6.07, 6.45) is 4.42. The number of hydrogen-bond donors (Lipinski definition) is 1. The number of carbonyl (C=O) groups excluding carboxylic acids is 1. The summed E-state index contributed by atoms with van der Waals surface area (Å²) in [7, 11) is 0. The number of anilines is 1. The van der Waals surface area contributed by atoms with Gasteiger partial charge in [-0.3, -0.25) is 9.78 Å². The molecule has 3 rings (SSSR count). The average Bonchev–Trinajstić information content (AvgIpc) is 3.14. The zero-order valence-corrected chi connectivity index (χ0v) is 11.4. The molecule has 0 saturated heterocycles. The molecule has 1 saturated carbocycles. The van der Waals surface area contributed by atoms with E-state index in [1.54, 1.807) is 6.20 Å². The lowest BCUT2D eigenvalue weighted by atomic mass is 10.2. The van der Waals surface area contributed by atoms with Gasteiger partial charge in [0.1, 0.15) is 5.01 Å². The second-order valence-corrected chi connectivity index (χ2v) is 5.76. The number of pyridine rings is 1. The molecular formula is C13H14N4OS. The predicted molar refractivity (Wildman–Crippen MR) is 73.2 cm³/mol. The van der Waals surface area contributed by atoms with E-state index in [-0.39, 0.29) is 5.91 Å². The third-order valence-electron chi connectivity index (χ3n) is 2.95. The average molecular weight is 274 g/mol. The first-order chi connectivity index (χ1) is 9.20. The SMILES string of the molecule is Cc1ccc(CC(=O)Nc2nnc(C3CC3)s2)cn1. The molecule has 1 aliphatic rings. The Bertz CT molecular complexity index is 589. The Labute approximate surface area is 115 Å². The summed E-state index contributed by atoms with van der Waals surface area (Å²) in [6.45, 7) is 1.92. The van der Waals surface area contributed by atoms with Gasteiger partial charge >= 0.3 is 0 Å². The number of carbonyl (C=O) groups is 1. The molecule has 0 bridgehead atoms. The second-order valence-electron chi connectivity index (χ2n) is 4.75. The van der Waals surface area contributed by atoms with Crippen molar-refractivity contribution in [2.75, 3.05) is 5.32 Å². The zero-order chi connectivity index (χ0) is 13.2. The van der Waals surface area contributed by atoms with Crippen LogP contribution >= 0.6 is 11.3 Å². The van der Waals surface area contributed by atoms with E-state index in [0.29, 0.717) is 17.5 Å². The molecule has 0 atom stereocenters. The van der Waals surface area contributed by atoms with E-state index in [0.717, 1.165) is 16.3 Å². The minimum atomic E-state index is -0.0795. The van der Waals surface area contributed by atoms with Crippen LogP contribution in [0.3, 0.4) is 0 Å². The molecule has 0 aromatic carbocycles. The third-order valence-corrected chi connectivity index (χ3v) is 3.95. The van der Waals surface area contributed by atoms with E-state index in [1.807, 2.05) is 19.1 Å². The van der Waals surface area contributed by atoms with Crippen LogP contribution in [-0.2, 0) is 11.2 Å². The molecule has 0 spiro atoms. The number of rotatable bonds is 4. The van der Waals surface area contributed by atoms with Crippen molar-refractivity contribution >= 4 is 22.4 Å². The number of aromatic nitrogens is 3. The Kier molecular flexibility index (Phi) is 3.25. The molecule has 1 N–H and O–H groups in total. The van der Waals surface area contributed by atoms with Crippen LogP contribution < -0.4 is 5.32 Å². The Morgan fingerprint density at radius 2 is 2.26 bits per heavy atom. The van der Waals surface area contributed by atoms with Gasteiger partial charge in [-0.25, -0.2) is 0 Å². The molecule has 0 radical (unpaired) electrons. The topological polar surface area (TPSA) is 67.8 Å². The van der Waals surface area contributed by atoms with E-state index < -0.39 is 0 Å². The Balaban J connectivity index is 1.59. The summed E-state index contributed by atoms with van der Waals surface area (Å²) in [5, 5.41) is 12.5. The fraction of sp³-hybridized carbons (Fsp3) is 0.385. The molecule has 5 nitrogen and oxygen atoms in total. The lowest BCUT2D eigenvalue weighted by Gasteiger charge is -2.01. The largest absolute Gasteiger partial charge is 0.300 e. The molecule has 0 aliphatic heterocycles. The quantitative estimate of drug-likeness (QED) is 0.929. The maximum atomic E-state index is 11.9. The highest BCUT2D eigenvalue weighted by atomic mass is 32.1. The Hall–Kier alpha value is -1.82. The van der Waals surface area contributed by atoms with Crippen molar-refractivity contribution in [3.8, 4) is 0 Å². The maximum Gasteiger partial charge on any atom is 0.230 e. The van der Waals surface area contributed by atoms with Gasteiger partial charge in [0.25, 0.3) is 0 Å². The maximum absolute atomic E-state index is 11.9. The van der Waals surface area contributed by atoms with Crippen LogP contribution in [-0.4, -0.2) is 21.1 Å². The van der Waals surface area contributed by atoms with Gasteiger partial charge < -0.3 is 5.32 Å². The number of nitrogens with zero attached hydrogens (tertiary/aromatic N) is 3. The smallest absolute Gasteiger partial charge is 0.230 e. The van der Waals surface area contributed by atoms with E-state index >= 15 is 0 Å². The van der Waals surface area contributed by atoms with E-state index in [4.69, 9.17) is 0 Å². The summed E-state index contributed by atoms with van der Waals surface area (Å²) < 4.78 is 0. The first kappa shape index (κ1) is 12.2. The Morgan fingerprint density at radius 1 is 1.42 bits per heavy atom. The Morgan fingerprint density at radius 3 is 2.95 bits per heavy atom.